The maximum absolute atomic E-state index is 12.1. The number of ether oxygens (including phenoxy) is 1. The van der Waals surface area contributed by atoms with Crippen LogP contribution >= 0.6 is 0 Å². The van der Waals surface area contributed by atoms with Crippen LogP contribution in [0.4, 0.5) is 4.79 Å². The molecule has 1 saturated heterocycles. The normalized spacial score (nSPS) is 28.0. The molecular weight excluding hydrogens is 274 g/mol. The Bertz CT molecular complexity index is 411. The largest absolute Gasteiger partial charge is 0.438 e. The molecule has 1 heterocycles. The van der Waals surface area contributed by atoms with Gasteiger partial charge in [-0.2, -0.15) is 0 Å². The highest BCUT2D eigenvalue weighted by molar-refractivity contribution is 5.72. The van der Waals surface area contributed by atoms with E-state index in [1.165, 1.54) is 0 Å². The molecule has 8 nitrogen and oxygen atoms in total. The van der Waals surface area contributed by atoms with E-state index in [1.807, 2.05) is 6.92 Å². The van der Waals surface area contributed by atoms with Crippen molar-refractivity contribution in [3.63, 3.8) is 0 Å². The molecule has 4 atom stereocenters. The van der Waals surface area contributed by atoms with Gasteiger partial charge < -0.3 is 15.6 Å². The second-order valence-electron chi connectivity index (χ2n) is 5.63. The van der Waals surface area contributed by atoms with Gasteiger partial charge in [-0.25, -0.2) is 4.79 Å². The molecule has 120 valence electrons. The summed E-state index contributed by atoms with van der Waals surface area (Å²) in [5.41, 5.74) is 13.2. The summed E-state index contributed by atoms with van der Waals surface area (Å²) >= 11 is 0. The van der Waals surface area contributed by atoms with Gasteiger partial charge in [-0.1, -0.05) is 12.0 Å². The minimum Gasteiger partial charge on any atom is -0.438 e. The lowest BCUT2D eigenvalue weighted by atomic mass is 9.85. The quantitative estimate of drug-likeness (QED) is 0.306. The Morgan fingerprint density at radius 1 is 1.62 bits per heavy atom. The van der Waals surface area contributed by atoms with Gasteiger partial charge in [-0.05, 0) is 38.6 Å². The van der Waals surface area contributed by atoms with Crippen LogP contribution in [0.5, 0.6) is 0 Å². The third-order valence-electron chi connectivity index (χ3n) is 3.98. The third kappa shape index (κ3) is 3.78. The standard InChI is InChI=1S/C13H25N5O3/c1-4-10(19)13(3)11(9(2)14)18(12(20)21-13)8-6-5-7-16-17-15/h9-11,19H,4-8,14H2,1-3H3/t9-,10?,11-,13-/m1/s1. The first kappa shape index (κ1) is 17.6. The van der Waals surface area contributed by atoms with E-state index in [4.69, 9.17) is 16.0 Å². The maximum Gasteiger partial charge on any atom is 0.410 e. The van der Waals surface area contributed by atoms with Gasteiger partial charge in [0.05, 0.1) is 12.1 Å². The molecule has 0 saturated carbocycles. The summed E-state index contributed by atoms with van der Waals surface area (Å²) in [6.45, 7) is 6.24. The van der Waals surface area contributed by atoms with Crippen molar-refractivity contribution in [2.75, 3.05) is 13.1 Å². The molecule has 0 aromatic carbocycles. The second kappa shape index (κ2) is 7.49. The van der Waals surface area contributed by atoms with Crippen LogP contribution in [0.3, 0.4) is 0 Å². The number of hydrogen-bond acceptors (Lipinski definition) is 5. The van der Waals surface area contributed by atoms with Gasteiger partial charge in [0.15, 0.2) is 5.60 Å². The number of aliphatic hydroxyl groups excluding tert-OH is 1. The predicted octanol–water partition coefficient (Wildman–Crippen LogP) is 1.77. The van der Waals surface area contributed by atoms with Gasteiger partial charge in [0.1, 0.15) is 0 Å². The van der Waals surface area contributed by atoms with Crippen LogP contribution in [-0.4, -0.2) is 53.0 Å². The number of hydrogen-bond donors (Lipinski definition) is 2. The first-order valence-corrected chi connectivity index (χ1v) is 7.32. The Kier molecular flexibility index (Phi) is 6.26. The summed E-state index contributed by atoms with van der Waals surface area (Å²) in [6.07, 6.45) is 0.654. The smallest absolute Gasteiger partial charge is 0.410 e. The molecule has 3 N–H and O–H groups in total. The van der Waals surface area contributed by atoms with Crippen molar-refractivity contribution >= 4 is 6.09 Å². The molecule has 1 aliphatic heterocycles. The molecule has 8 heteroatoms. The Morgan fingerprint density at radius 3 is 2.81 bits per heavy atom. The van der Waals surface area contributed by atoms with Crippen LogP contribution in [0.2, 0.25) is 0 Å². The lowest BCUT2D eigenvalue weighted by molar-refractivity contribution is -0.0645. The number of nitrogens with two attached hydrogens (primary N) is 1. The molecule has 0 spiro atoms. The molecule has 1 amide bonds. The molecule has 0 bridgehead atoms. The Labute approximate surface area is 124 Å². The van der Waals surface area contributed by atoms with Crippen LogP contribution in [0.15, 0.2) is 5.11 Å². The van der Waals surface area contributed by atoms with Crippen LogP contribution in [0.1, 0.15) is 40.0 Å². The number of unbranched alkanes of at least 4 members (excludes halogenated alkanes) is 1. The molecule has 21 heavy (non-hydrogen) atoms. The third-order valence-corrected chi connectivity index (χ3v) is 3.98. The summed E-state index contributed by atoms with van der Waals surface area (Å²) < 4.78 is 5.44. The van der Waals surface area contributed by atoms with E-state index >= 15 is 0 Å². The number of amides is 1. The number of carbonyl (C=O) groups is 1. The topological polar surface area (TPSA) is 125 Å². The van der Waals surface area contributed by atoms with Crippen LogP contribution in [-0.2, 0) is 4.74 Å². The molecule has 1 aliphatic rings. The lowest BCUT2D eigenvalue weighted by Crippen LogP contribution is -2.58. The average molecular weight is 299 g/mol. The van der Waals surface area contributed by atoms with Crippen molar-refractivity contribution in [1.29, 1.82) is 0 Å². The van der Waals surface area contributed by atoms with Gasteiger partial charge in [0.2, 0.25) is 0 Å². The fourth-order valence-electron chi connectivity index (χ4n) is 2.95. The van der Waals surface area contributed by atoms with E-state index in [-0.39, 0.29) is 12.1 Å². The minimum absolute atomic E-state index is 0.320. The van der Waals surface area contributed by atoms with Crippen molar-refractivity contribution in [2.24, 2.45) is 10.8 Å². The van der Waals surface area contributed by atoms with Crippen molar-refractivity contribution in [3.8, 4) is 0 Å². The molecule has 0 aromatic heterocycles. The molecule has 0 aromatic rings. The van der Waals surface area contributed by atoms with Gasteiger partial charge in [0, 0.05) is 24.0 Å². The monoisotopic (exact) mass is 299 g/mol. The van der Waals surface area contributed by atoms with E-state index < -0.39 is 17.8 Å². The fourth-order valence-corrected chi connectivity index (χ4v) is 2.95. The zero-order valence-corrected chi connectivity index (χ0v) is 12.9. The molecular formula is C13H25N5O3. The fraction of sp³-hybridized carbons (Fsp3) is 0.923. The van der Waals surface area contributed by atoms with Crippen molar-refractivity contribution < 1.29 is 14.6 Å². The summed E-state index contributed by atoms with van der Waals surface area (Å²) in [4.78, 5) is 16.4. The van der Waals surface area contributed by atoms with Crippen molar-refractivity contribution in [1.82, 2.24) is 4.90 Å². The highest BCUT2D eigenvalue weighted by atomic mass is 16.6. The zero-order valence-electron chi connectivity index (χ0n) is 12.9. The SMILES string of the molecule is CCC(O)[C@@]1(C)OC(=O)N(CCCCN=[N+]=[N-])[C@@H]1[C@@H](C)N. The number of azide groups is 1. The van der Waals surface area contributed by atoms with Crippen LogP contribution in [0, 0.1) is 0 Å². The van der Waals surface area contributed by atoms with Crippen molar-refractivity contribution in [2.45, 2.75) is 63.8 Å². The highest BCUT2D eigenvalue weighted by Gasteiger charge is 2.55. The first-order chi connectivity index (χ1) is 9.88. The summed E-state index contributed by atoms with van der Waals surface area (Å²) in [7, 11) is 0. The van der Waals surface area contributed by atoms with E-state index in [0.717, 1.165) is 0 Å². The first-order valence-electron chi connectivity index (χ1n) is 7.32. The number of aliphatic hydroxyl groups is 1. The van der Waals surface area contributed by atoms with Crippen LogP contribution < -0.4 is 5.73 Å². The Hall–Kier alpha value is -1.50. The van der Waals surface area contributed by atoms with Gasteiger partial charge in [-0.3, -0.25) is 4.90 Å². The summed E-state index contributed by atoms with van der Waals surface area (Å²) in [5, 5.41) is 13.7. The summed E-state index contributed by atoms with van der Waals surface area (Å²) in [6, 6.07) is -0.695. The molecule has 0 radical (unpaired) electrons. The number of carbonyl (C=O) groups excluding carboxylic acids is 1. The van der Waals surface area contributed by atoms with Gasteiger partial charge in [0.25, 0.3) is 0 Å². The lowest BCUT2D eigenvalue weighted by Gasteiger charge is -2.37. The van der Waals surface area contributed by atoms with Crippen LogP contribution in [0.25, 0.3) is 10.4 Å². The maximum atomic E-state index is 12.1. The predicted molar refractivity (Wildman–Crippen MR) is 78.6 cm³/mol. The van der Waals surface area contributed by atoms with Gasteiger partial charge >= 0.3 is 6.09 Å². The summed E-state index contributed by atoms with van der Waals surface area (Å²) in [5.74, 6) is 0. The van der Waals surface area contributed by atoms with E-state index in [9.17, 15) is 9.90 Å². The minimum atomic E-state index is -0.995. The van der Waals surface area contributed by atoms with Gasteiger partial charge in [-0.15, -0.1) is 0 Å². The van der Waals surface area contributed by atoms with E-state index in [0.29, 0.717) is 32.4 Å². The Morgan fingerprint density at radius 2 is 2.29 bits per heavy atom. The molecule has 1 rings (SSSR count). The second-order valence-corrected chi connectivity index (χ2v) is 5.63. The highest BCUT2D eigenvalue weighted by Crippen LogP contribution is 2.35. The number of cyclic esters (lactones) is 1. The number of rotatable bonds is 8. The number of nitrogens with zero attached hydrogens (tertiary/aromatic N) is 4. The van der Waals surface area contributed by atoms with E-state index in [1.54, 1.807) is 18.7 Å². The van der Waals surface area contributed by atoms with Crippen molar-refractivity contribution in [3.05, 3.63) is 10.4 Å². The van der Waals surface area contributed by atoms with E-state index in [2.05, 4.69) is 10.0 Å². The molecule has 0 aliphatic carbocycles. The molecule has 1 fully saturated rings. The average Bonchev–Trinajstić information content (AvgIpc) is 2.69. The zero-order chi connectivity index (χ0) is 16.0. The molecule has 1 unspecified atom stereocenters. The Balaban J connectivity index is 2.78.